The van der Waals surface area contributed by atoms with Crippen LogP contribution in [0.1, 0.15) is 30.1 Å². The summed E-state index contributed by atoms with van der Waals surface area (Å²) < 4.78 is 5.24. The summed E-state index contributed by atoms with van der Waals surface area (Å²) in [4.78, 5) is 13.1. The number of amides is 1. The van der Waals surface area contributed by atoms with Gasteiger partial charge in [-0.25, -0.2) is 0 Å². The molecule has 1 amide bonds. The lowest BCUT2D eigenvalue weighted by Gasteiger charge is -2.20. The predicted octanol–water partition coefficient (Wildman–Crippen LogP) is 4.35. The number of methoxy groups -OCH3 is 1. The number of carbonyl (C=O) groups excluding carboxylic acids is 1. The van der Waals surface area contributed by atoms with E-state index in [1.165, 1.54) is 0 Å². The first-order valence-corrected chi connectivity index (χ1v) is 9.55. The fraction of sp³-hybridized carbons (Fsp3) is 0.174. The average molecular weight is 396 g/mol. The van der Waals surface area contributed by atoms with Gasteiger partial charge < -0.3 is 15.4 Å². The van der Waals surface area contributed by atoms with Crippen LogP contribution in [-0.4, -0.2) is 13.0 Å². The van der Waals surface area contributed by atoms with E-state index in [2.05, 4.69) is 17.6 Å². The molecule has 3 aromatic carbocycles. The molecule has 0 aliphatic rings. The maximum absolute atomic E-state index is 13.1. The smallest absolute Gasteiger partial charge is 0.287 e. The van der Waals surface area contributed by atoms with Gasteiger partial charge in [-0.1, -0.05) is 60.1 Å². The van der Waals surface area contributed by atoms with Crippen LogP contribution in [0.25, 0.3) is 0 Å². The quantitative estimate of drug-likeness (QED) is 0.624. The molecule has 0 unspecified atom stereocenters. The molecule has 144 valence electrons. The Balaban J connectivity index is 1.82. The Hall–Kier alpha value is -2.82. The van der Waals surface area contributed by atoms with E-state index in [0.29, 0.717) is 16.5 Å². The zero-order chi connectivity index (χ0) is 19.9. The molecule has 2 atom stereocenters. The number of ether oxygens (including phenoxy) is 1. The van der Waals surface area contributed by atoms with Gasteiger partial charge in [0.05, 0.1) is 7.11 Å². The molecule has 0 heterocycles. The van der Waals surface area contributed by atoms with Gasteiger partial charge in [-0.3, -0.25) is 4.79 Å². The van der Waals surface area contributed by atoms with Gasteiger partial charge in [-0.2, -0.15) is 0 Å². The number of anilines is 1. The molecule has 0 spiro atoms. The second-order valence-corrected chi connectivity index (χ2v) is 7.08. The molecule has 0 saturated heterocycles. The minimum atomic E-state index is -0.391. The molecule has 3 aromatic rings. The van der Waals surface area contributed by atoms with Crippen molar-refractivity contribution in [1.82, 2.24) is 0 Å². The number of rotatable bonds is 7. The highest BCUT2D eigenvalue weighted by Gasteiger charge is 2.27. The molecule has 0 radical (unpaired) electrons. The summed E-state index contributed by atoms with van der Waals surface area (Å²) in [6, 6.07) is 24.6. The molecule has 0 fully saturated rings. The van der Waals surface area contributed by atoms with Crippen molar-refractivity contribution in [1.29, 1.82) is 0 Å². The van der Waals surface area contributed by atoms with E-state index in [1.54, 1.807) is 7.11 Å². The normalized spacial score (nSPS) is 12.8. The standard InChI is InChI=1S/C23H23ClN2O2/c1-16(17-11-13-19(24)14-12-17)25-22(18-7-4-3-5-8-18)23(27)26-20-9-6-10-21(15-20)28-2/h3-16,22,25H,1-2H3,(H,26,27)/p+1/t16-,22+/m1/s1. The number of hydrogen-bond acceptors (Lipinski definition) is 2. The minimum Gasteiger partial charge on any atom is -0.497 e. The molecule has 5 heteroatoms. The van der Waals surface area contributed by atoms with Crippen LogP contribution in [0.4, 0.5) is 5.69 Å². The van der Waals surface area contributed by atoms with Gasteiger partial charge in [-0.05, 0) is 31.2 Å². The molecular formula is C23H24ClN2O2+. The summed E-state index contributed by atoms with van der Waals surface area (Å²) in [6.45, 7) is 2.08. The van der Waals surface area contributed by atoms with E-state index >= 15 is 0 Å². The average Bonchev–Trinajstić information content (AvgIpc) is 2.73. The van der Waals surface area contributed by atoms with Gasteiger partial charge >= 0.3 is 0 Å². The van der Waals surface area contributed by atoms with Gasteiger partial charge in [0.15, 0.2) is 6.04 Å². The van der Waals surface area contributed by atoms with E-state index in [4.69, 9.17) is 16.3 Å². The van der Waals surface area contributed by atoms with E-state index in [9.17, 15) is 4.79 Å². The summed E-state index contributed by atoms with van der Waals surface area (Å²) in [5.41, 5.74) is 2.76. The first-order valence-electron chi connectivity index (χ1n) is 9.17. The fourth-order valence-electron chi connectivity index (χ4n) is 3.10. The van der Waals surface area contributed by atoms with Crippen LogP contribution in [0.15, 0.2) is 78.9 Å². The molecule has 3 rings (SSSR count). The van der Waals surface area contributed by atoms with Gasteiger partial charge in [0.1, 0.15) is 11.8 Å². The zero-order valence-corrected chi connectivity index (χ0v) is 16.7. The van der Waals surface area contributed by atoms with Crippen molar-refractivity contribution >= 4 is 23.2 Å². The Labute approximate surface area is 170 Å². The first-order chi connectivity index (χ1) is 13.6. The molecule has 4 nitrogen and oxygen atoms in total. The van der Waals surface area contributed by atoms with Crippen LogP contribution in [0.2, 0.25) is 5.02 Å². The van der Waals surface area contributed by atoms with Crippen molar-refractivity contribution in [2.75, 3.05) is 12.4 Å². The number of quaternary nitrogens is 1. The molecular weight excluding hydrogens is 372 g/mol. The van der Waals surface area contributed by atoms with Crippen LogP contribution < -0.4 is 15.4 Å². The summed E-state index contributed by atoms with van der Waals surface area (Å²) in [5.74, 6) is 0.618. The maximum atomic E-state index is 13.1. The van der Waals surface area contributed by atoms with E-state index in [0.717, 1.165) is 11.1 Å². The van der Waals surface area contributed by atoms with Crippen LogP contribution in [0.5, 0.6) is 5.75 Å². The van der Waals surface area contributed by atoms with Crippen molar-refractivity contribution < 1.29 is 14.8 Å². The molecule has 0 saturated carbocycles. The van der Waals surface area contributed by atoms with E-state index < -0.39 is 6.04 Å². The van der Waals surface area contributed by atoms with Crippen LogP contribution in [0, 0.1) is 0 Å². The number of nitrogens with two attached hydrogens (primary N) is 1. The third-order valence-electron chi connectivity index (χ3n) is 4.66. The minimum absolute atomic E-state index is 0.0820. The lowest BCUT2D eigenvalue weighted by Crippen LogP contribution is -2.87. The van der Waals surface area contributed by atoms with Crippen molar-refractivity contribution in [2.24, 2.45) is 0 Å². The van der Waals surface area contributed by atoms with Crippen LogP contribution in [0.3, 0.4) is 0 Å². The Morgan fingerprint density at radius 3 is 2.36 bits per heavy atom. The van der Waals surface area contributed by atoms with Gasteiger partial charge in [-0.15, -0.1) is 0 Å². The third kappa shape index (κ3) is 5.12. The van der Waals surface area contributed by atoms with E-state index in [1.807, 2.05) is 78.9 Å². The molecule has 0 aliphatic heterocycles. The Kier molecular flexibility index (Phi) is 6.69. The molecule has 3 N–H and O–H groups in total. The number of carbonyl (C=O) groups is 1. The summed E-state index contributed by atoms with van der Waals surface area (Å²) in [6.07, 6.45) is 0. The topological polar surface area (TPSA) is 54.9 Å². The highest BCUT2D eigenvalue weighted by Crippen LogP contribution is 2.20. The third-order valence-corrected chi connectivity index (χ3v) is 4.91. The van der Waals surface area contributed by atoms with Crippen molar-refractivity contribution in [3.63, 3.8) is 0 Å². The largest absolute Gasteiger partial charge is 0.497 e. The first kappa shape index (κ1) is 19.9. The van der Waals surface area contributed by atoms with Crippen molar-refractivity contribution in [3.05, 3.63) is 95.0 Å². The van der Waals surface area contributed by atoms with Gasteiger partial charge in [0.25, 0.3) is 5.91 Å². The lowest BCUT2D eigenvalue weighted by molar-refractivity contribution is -0.718. The Bertz CT molecular complexity index is 913. The van der Waals surface area contributed by atoms with Crippen LogP contribution in [-0.2, 0) is 4.79 Å². The summed E-state index contributed by atoms with van der Waals surface area (Å²) in [5, 5.41) is 5.77. The van der Waals surface area contributed by atoms with Gasteiger partial charge in [0.2, 0.25) is 0 Å². The number of hydrogen-bond donors (Lipinski definition) is 2. The fourth-order valence-corrected chi connectivity index (χ4v) is 3.22. The number of nitrogens with one attached hydrogen (secondary N) is 1. The zero-order valence-electron chi connectivity index (χ0n) is 15.9. The van der Waals surface area contributed by atoms with Gasteiger partial charge in [0, 0.05) is 27.9 Å². The molecule has 28 heavy (non-hydrogen) atoms. The monoisotopic (exact) mass is 395 g/mol. The molecule has 0 aliphatic carbocycles. The van der Waals surface area contributed by atoms with Crippen molar-refractivity contribution in [2.45, 2.75) is 19.0 Å². The lowest BCUT2D eigenvalue weighted by atomic mass is 10.0. The Morgan fingerprint density at radius 1 is 0.964 bits per heavy atom. The van der Waals surface area contributed by atoms with E-state index in [-0.39, 0.29) is 11.9 Å². The second-order valence-electron chi connectivity index (χ2n) is 6.64. The highest BCUT2D eigenvalue weighted by molar-refractivity contribution is 6.30. The SMILES string of the molecule is COc1cccc(NC(=O)[C@@H]([NH2+][C@H](C)c2ccc(Cl)cc2)c2ccccc2)c1. The number of benzene rings is 3. The van der Waals surface area contributed by atoms with Crippen LogP contribution >= 0.6 is 11.6 Å². The molecule has 0 bridgehead atoms. The maximum Gasteiger partial charge on any atom is 0.287 e. The number of halogens is 1. The summed E-state index contributed by atoms with van der Waals surface area (Å²) >= 11 is 6.00. The van der Waals surface area contributed by atoms with Crippen molar-refractivity contribution in [3.8, 4) is 5.75 Å². The Morgan fingerprint density at radius 2 is 1.68 bits per heavy atom. The predicted molar refractivity (Wildman–Crippen MR) is 113 cm³/mol. The molecule has 0 aromatic heterocycles. The summed E-state index contributed by atoms with van der Waals surface area (Å²) in [7, 11) is 1.61. The highest BCUT2D eigenvalue weighted by atomic mass is 35.5. The second kappa shape index (κ2) is 9.40.